The van der Waals surface area contributed by atoms with Gasteiger partial charge in [0.05, 0.1) is 5.56 Å². The molecule has 0 aliphatic carbocycles. The number of carbonyl (C=O) groups is 2. The van der Waals surface area contributed by atoms with Gasteiger partial charge in [-0.1, -0.05) is 19.9 Å². The summed E-state index contributed by atoms with van der Waals surface area (Å²) in [5.41, 5.74) is 3.73. The predicted octanol–water partition coefficient (Wildman–Crippen LogP) is 4.02. The maximum atomic E-state index is 13.2. The van der Waals surface area contributed by atoms with E-state index in [1.54, 1.807) is 48.1 Å². The molecule has 8 nitrogen and oxygen atoms in total. The number of nitrogens with one attached hydrogen (secondary N) is 2. The highest BCUT2D eigenvalue weighted by Crippen LogP contribution is 2.42. The Morgan fingerprint density at radius 2 is 1.84 bits per heavy atom. The molecule has 2 amide bonds. The number of pyridine rings is 2. The minimum atomic E-state index is -2.16. The number of aromatic nitrogens is 2. The van der Waals surface area contributed by atoms with E-state index in [0.717, 1.165) is 16.8 Å². The summed E-state index contributed by atoms with van der Waals surface area (Å²) in [6, 6.07) is 13.0. The van der Waals surface area contributed by atoms with E-state index in [4.69, 9.17) is 0 Å². The van der Waals surface area contributed by atoms with Crippen LogP contribution in [0, 0.1) is 0 Å². The lowest BCUT2D eigenvalue weighted by atomic mass is 9.87. The van der Waals surface area contributed by atoms with Crippen LogP contribution in [0.25, 0.3) is 0 Å². The van der Waals surface area contributed by atoms with Crippen molar-refractivity contribution in [1.82, 2.24) is 9.97 Å². The van der Waals surface area contributed by atoms with Gasteiger partial charge in [-0.15, -0.1) is 9.93 Å². The van der Waals surface area contributed by atoms with E-state index in [1.165, 1.54) is 0 Å². The quantitative estimate of drug-likeness (QED) is 0.368. The molecule has 0 spiro atoms. The zero-order chi connectivity index (χ0) is 26.6. The minimum Gasteiger partial charge on any atom is -0.365 e. The normalized spacial score (nSPS) is 14.6. The molecule has 37 heavy (non-hydrogen) atoms. The molecule has 2 N–H and O–H groups in total. The number of nitrogens with zero attached hydrogens (tertiary/aromatic N) is 3. The molecule has 0 saturated carbocycles. The largest absolute Gasteiger partial charge is 0.365 e. The average molecular weight is 522 g/mol. The first-order valence-corrected chi connectivity index (χ1v) is 15.2. The first-order chi connectivity index (χ1) is 17.5. The van der Waals surface area contributed by atoms with Crippen LogP contribution in [0.15, 0.2) is 61.1 Å². The average Bonchev–Trinajstić information content (AvgIpc) is 3.13. The van der Waals surface area contributed by atoms with Gasteiger partial charge in [-0.25, -0.2) is 4.98 Å². The highest BCUT2D eigenvalue weighted by Gasteiger charge is 2.38. The molecule has 1 aliphatic heterocycles. The van der Waals surface area contributed by atoms with Crippen LogP contribution in [0.5, 0.6) is 0 Å². The van der Waals surface area contributed by atoms with Gasteiger partial charge in [0.2, 0.25) is 5.91 Å². The Kier molecular flexibility index (Phi) is 7.73. The van der Waals surface area contributed by atoms with Crippen molar-refractivity contribution < 1.29 is 13.8 Å². The zero-order valence-electron chi connectivity index (χ0n) is 21.8. The Hall–Kier alpha value is -3.59. The van der Waals surface area contributed by atoms with E-state index in [0.29, 0.717) is 48.8 Å². The standard InChI is InChI=1S/C28H35N5O3S/c1-28(2)19-33(25(34)8-6-16-37(3,4)36)24-17-21(9-10-23(24)28)32-27(35)22-7-5-13-30-26(22)31-18-20-11-14-29-15-12-20/h5,7,9-15,17,37H,6,8,16,18-19H2,1-4H3,(H,30,31)(H,32,35). The van der Waals surface area contributed by atoms with Gasteiger partial charge in [0.25, 0.3) is 5.91 Å². The Balaban J connectivity index is 1.50. The number of hydrogen-bond acceptors (Lipinski definition) is 6. The summed E-state index contributed by atoms with van der Waals surface area (Å²) in [5.74, 6) is 0.766. The third-order valence-electron chi connectivity index (χ3n) is 6.48. The van der Waals surface area contributed by atoms with Crippen molar-refractivity contribution in [3.8, 4) is 0 Å². The molecule has 0 fully saturated rings. The van der Waals surface area contributed by atoms with Crippen LogP contribution in [-0.2, 0) is 26.7 Å². The second-order valence-electron chi connectivity index (χ2n) is 10.6. The summed E-state index contributed by atoms with van der Waals surface area (Å²) in [6.45, 7) is 5.30. The topological polar surface area (TPSA) is 104 Å². The molecule has 3 heterocycles. The minimum absolute atomic E-state index is 0.0126. The molecule has 1 aliphatic rings. The second kappa shape index (κ2) is 10.8. The van der Waals surface area contributed by atoms with Crippen molar-refractivity contribution in [2.45, 2.75) is 38.6 Å². The lowest BCUT2D eigenvalue weighted by Crippen LogP contribution is -2.34. The number of anilines is 3. The number of amides is 2. The lowest BCUT2D eigenvalue weighted by molar-refractivity contribution is -0.118. The SMILES string of the molecule is CC1(C)CN(C(=O)CCC[SH](C)(C)=O)c2cc(NC(=O)c3cccnc3NCc3ccncc3)ccc21. The number of carbonyl (C=O) groups excluding carboxylic acids is 2. The van der Waals surface area contributed by atoms with E-state index in [2.05, 4.69) is 34.4 Å². The second-order valence-corrected chi connectivity index (χ2v) is 14.2. The predicted molar refractivity (Wildman–Crippen MR) is 151 cm³/mol. The van der Waals surface area contributed by atoms with Crippen molar-refractivity contribution in [2.24, 2.45) is 0 Å². The van der Waals surface area contributed by atoms with Gasteiger partial charge in [0, 0.05) is 60.6 Å². The van der Waals surface area contributed by atoms with Crippen molar-refractivity contribution in [3.63, 3.8) is 0 Å². The summed E-state index contributed by atoms with van der Waals surface area (Å²) in [7, 11) is -2.16. The molecule has 4 rings (SSSR count). The highest BCUT2D eigenvalue weighted by molar-refractivity contribution is 8.01. The number of rotatable bonds is 9. The Bertz CT molecular complexity index is 1340. The van der Waals surface area contributed by atoms with Gasteiger partial charge in [0.15, 0.2) is 0 Å². The smallest absolute Gasteiger partial charge is 0.259 e. The van der Waals surface area contributed by atoms with Gasteiger partial charge in [0.1, 0.15) is 5.82 Å². The number of fused-ring (bicyclic) bond motifs is 1. The molecule has 0 bridgehead atoms. The van der Waals surface area contributed by atoms with Crippen molar-refractivity contribution in [3.05, 3.63) is 77.7 Å². The molecule has 3 aromatic rings. The molecule has 2 aromatic heterocycles. The molecule has 0 atom stereocenters. The van der Waals surface area contributed by atoms with Crippen LogP contribution in [0.2, 0.25) is 0 Å². The van der Waals surface area contributed by atoms with Crippen LogP contribution in [0.1, 0.15) is 48.2 Å². The first kappa shape index (κ1) is 26.5. The number of benzene rings is 1. The van der Waals surface area contributed by atoms with Gasteiger partial charge >= 0.3 is 0 Å². The Morgan fingerprint density at radius 1 is 1.08 bits per heavy atom. The summed E-state index contributed by atoms with van der Waals surface area (Å²) in [4.78, 5) is 36.5. The first-order valence-electron chi connectivity index (χ1n) is 12.4. The molecule has 0 unspecified atom stereocenters. The molecule has 1 aromatic carbocycles. The maximum absolute atomic E-state index is 13.2. The van der Waals surface area contributed by atoms with Crippen LogP contribution in [-0.4, -0.2) is 50.8 Å². The van der Waals surface area contributed by atoms with E-state index in [1.807, 2.05) is 30.3 Å². The van der Waals surface area contributed by atoms with Gasteiger partial charge in [-0.3, -0.25) is 18.8 Å². The molecular weight excluding hydrogens is 486 g/mol. The van der Waals surface area contributed by atoms with Crippen molar-refractivity contribution in [2.75, 3.05) is 40.3 Å². The van der Waals surface area contributed by atoms with Gasteiger partial charge in [-0.2, -0.15) is 0 Å². The number of hydrogen-bond donors (Lipinski definition) is 3. The van der Waals surface area contributed by atoms with Crippen molar-refractivity contribution >= 4 is 38.9 Å². The molecular formula is C28H35N5O3S. The fourth-order valence-electron chi connectivity index (χ4n) is 4.55. The Morgan fingerprint density at radius 3 is 2.57 bits per heavy atom. The third-order valence-corrected chi connectivity index (χ3v) is 7.87. The van der Waals surface area contributed by atoms with Crippen LogP contribution in [0.4, 0.5) is 17.2 Å². The van der Waals surface area contributed by atoms with Crippen LogP contribution < -0.4 is 15.5 Å². The summed E-state index contributed by atoms with van der Waals surface area (Å²) < 4.78 is 12.0. The fraction of sp³-hybridized carbons (Fsp3) is 0.357. The van der Waals surface area contributed by atoms with E-state index in [-0.39, 0.29) is 17.2 Å². The third kappa shape index (κ3) is 6.60. The molecule has 0 radical (unpaired) electrons. The van der Waals surface area contributed by atoms with E-state index in [9.17, 15) is 13.8 Å². The highest BCUT2D eigenvalue weighted by atomic mass is 32.2. The van der Waals surface area contributed by atoms with Gasteiger partial charge < -0.3 is 15.5 Å². The van der Waals surface area contributed by atoms with Crippen LogP contribution >= 0.6 is 0 Å². The molecule has 9 heteroatoms. The lowest BCUT2D eigenvalue weighted by Gasteiger charge is -2.21. The molecule has 196 valence electrons. The maximum Gasteiger partial charge on any atom is 0.259 e. The zero-order valence-corrected chi connectivity index (χ0v) is 22.7. The number of thiol groups is 1. The van der Waals surface area contributed by atoms with E-state index >= 15 is 0 Å². The summed E-state index contributed by atoms with van der Waals surface area (Å²) in [6.07, 6.45) is 9.53. The fourth-order valence-corrected chi connectivity index (χ4v) is 5.47. The van der Waals surface area contributed by atoms with Gasteiger partial charge in [-0.05, 0) is 66.5 Å². The monoisotopic (exact) mass is 521 g/mol. The molecule has 0 saturated heterocycles. The van der Waals surface area contributed by atoms with E-state index < -0.39 is 9.93 Å². The summed E-state index contributed by atoms with van der Waals surface area (Å²) in [5, 5.41) is 6.20. The van der Waals surface area contributed by atoms with Crippen molar-refractivity contribution in [1.29, 1.82) is 0 Å². The Labute approximate surface area is 219 Å². The van der Waals surface area contributed by atoms with Crippen LogP contribution in [0.3, 0.4) is 0 Å². The summed E-state index contributed by atoms with van der Waals surface area (Å²) >= 11 is 0.